The Kier molecular flexibility index (Phi) is 4.74. The van der Waals surface area contributed by atoms with Gasteiger partial charge < -0.3 is 9.88 Å². The van der Waals surface area contributed by atoms with Gasteiger partial charge in [0.15, 0.2) is 5.43 Å². The second kappa shape index (κ2) is 6.94. The lowest BCUT2D eigenvalue weighted by Gasteiger charge is -2.17. The van der Waals surface area contributed by atoms with Crippen LogP contribution in [-0.4, -0.2) is 16.5 Å². The van der Waals surface area contributed by atoms with E-state index in [0.717, 1.165) is 25.7 Å². The summed E-state index contributed by atoms with van der Waals surface area (Å²) in [5, 5.41) is 3.39. The highest BCUT2D eigenvalue weighted by molar-refractivity contribution is 5.82. The number of pyridine rings is 1. The number of halogens is 1. The summed E-state index contributed by atoms with van der Waals surface area (Å²) in [5.74, 6) is -0.513. The van der Waals surface area contributed by atoms with Gasteiger partial charge in [0.25, 0.3) is 0 Å². The van der Waals surface area contributed by atoms with E-state index in [2.05, 4.69) is 5.32 Å². The number of fused-ring (bicyclic) bond motifs is 1. The minimum absolute atomic E-state index is 0.0637. The number of aromatic nitrogens is 1. The average Bonchev–Trinajstić information content (AvgIpc) is 2.79. The van der Waals surface area contributed by atoms with Crippen LogP contribution in [0.25, 0.3) is 10.9 Å². The zero-order valence-electron chi connectivity index (χ0n) is 13.1. The molecule has 23 heavy (non-hydrogen) atoms. The Labute approximate surface area is 134 Å². The lowest BCUT2D eigenvalue weighted by molar-refractivity contribution is -0.122. The predicted molar refractivity (Wildman–Crippen MR) is 87.8 cm³/mol. The Morgan fingerprint density at radius 3 is 2.65 bits per heavy atom. The molecule has 0 spiro atoms. The van der Waals surface area contributed by atoms with E-state index in [1.54, 1.807) is 16.8 Å². The Balaban J connectivity index is 1.77. The maximum Gasteiger partial charge on any atom is 0.240 e. The average molecular weight is 316 g/mol. The molecule has 3 rings (SSSR count). The molecule has 0 bridgehead atoms. The molecule has 1 aromatic heterocycles. The van der Waals surface area contributed by atoms with E-state index in [4.69, 9.17) is 0 Å². The van der Waals surface area contributed by atoms with Gasteiger partial charge in [0, 0.05) is 23.7 Å². The van der Waals surface area contributed by atoms with Crippen molar-refractivity contribution in [3.63, 3.8) is 0 Å². The van der Waals surface area contributed by atoms with Crippen LogP contribution in [0.2, 0.25) is 0 Å². The number of hydrogen-bond acceptors (Lipinski definition) is 2. The van der Waals surface area contributed by atoms with Gasteiger partial charge in [-0.15, -0.1) is 0 Å². The van der Waals surface area contributed by atoms with E-state index < -0.39 is 5.82 Å². The number of benzene rings is 1. The van der Waals surface area contributed by atoms with Crippen LogP contribution in [-0.2, 0) is 11.3 Å². The lowest BCUT2D eigenvalue weighted by Crippen LogP contribution is -2.36. The molecule has 2 aromatic rings. The Bertz CT molecular complexity index is 761. The third-order valence-corrected chi connectivity index (χ3v) is 4.47. The van der Waals surface area contributed by atoms with Crippen molar-refractivity contribution < 1.29 is 9.18 Å². The second-order valence-electron chi connectivity index (χ2n) is 6.23. The normalized spacial score (nSPS) is 16.2. The van der Waals surface area contributed by atoms with E-state index in [1.807, 2.05) is 0 Å². The summed E-state index contributed by atoms with van der Waals surface area (Å²) < 4.78 is 15.0. The first-order chi connectivity index (χ1) is 11.1. The fraction of sp³-hybridized carbons (Fsp3) is 0.444. The fourth-order valence-electron chi connectivity index (χ4n) is 3.27. The van der Waals surface area contributed by atoms with Gasteiger partial charge in [-0.25, -0.2) is 4.39 Å². The molecule has 1 N–H and O–H groups in total. The summed E-state index contributed by atoms with van der Waals surface area (Å²) >= 11 is 0. The third-order valence-electron chi connectivity index (χ3n) is 4.47. The van der Waals surface area contributed by atoms with Crippen LogP contribution >= 0.6 is 0 Å². The molecule has 1 aliphatic carbocycles. The van der Waals surface area contributed by atoms with Crippen LogP contribution in [0.5, 0.6) is 0 Å². The van der Waals surface area contributed by atoms with E-state index >= 15 is 0 Å². The van der Waals surface area contributed by atoms with Gasteiger partial charge in [-0.3, -0.25) is 9.59 Å². The SMILES string of the molecule is O=C(Cn1ccc(=O)c2cc(F)ccc21)NC1CCCCCC1. The molecule has 122 valence electrons. The number of carbonyl (C=O) groups excluding carboxylic acids is 1. The smallest absolute Gasteiger partial charge is 0.240 e. The first kappa shape index (κ1) is 15.7. The Morgan fingerprint density at radius 2 is 1.91 bits per heavy atom. The first-order valence-corrected chi connectivity index (χ1v) is 8.21. The van der Waals surface area contributed by atoms with Crippen molar-refractivity contribution in [1.29, 1.82) is 0 Å². The number of nitrogens with one attached hydrogen (secondary N) is 1. The number of amides is 1. The minimum atomic E-state index is -0.449. The van der Waals surface area contributed by atoms with Crippen LogP contribution in [0.1, 0.15) is 38.5 Å². The molecule has 1 aromatic carbocycles. The van der Waals surface area contributed by atoms with Crippen molar-refractivity contribution in [3.05, 3.63) is 46.5 Å². The van der Waals surface area contributed by atoms with Gasteiger partial charge in [-0.1, -0.05) is 25.7 Å². The number of rotatable bonds is 3. The standard InChI is InChI=1S/C18H21FN2O2/c19-13-7-8-16-15(11-13)17(22)9-10-21(16)12-18(23)20-14-5-3-1-2-4-6-14/h7-11,14H,1-6,12H2,(H,20,23). The van der Waals surface area contributed by atoms with Crippen LogP contribution in [0.3, 0.4) is 0 Å². The van der Waals surface area contributed by atoms with E-state index in [-0.39, 0.29) is 23.9 Å². The highest BCUT2D eigenvalue weighted by atomic mass is 19.1. The summed E-state index contributed by atoms with van der Waals surface area (Å²) in [5.41, 5.74) is 0.342. The van der Waals surface area contributed by atoms with Crippen molar-refractivity contribution in [2.45, 2.75) is 51.1 Å². The zero-order valence-corrected chi connectivity index (χ0v) is 13.1. The van der Waals surface area contributed by atoms with Crippen LogP contribution in [0, 0.1) is 5.82 Å². The minimum Gasteiger partial charge on any atom is -0.352 e. The largest absolute Gasteiger partial charge is 0.352 e. The highest BCUT2D eigenvalue weighted by Gasteiger charge is 2.15. The van der Waals surface area contributed by atoms with E-state index in [0.29, 0.717) is 10.9 Å². The summed E-state index contributed by atoms with van der Waals surface area (Å²) in [6, 6.07) is 5.69. The van der Waals surface area contributed by atoms with Crippen LogP contribution in [0.4, 0.5) is 4.39 Å². The quantitative estimate of drug-likeness (QED) is 0.885. The van der Waals surface area contributed by atoms with Crippen LogP contribution in [0.15, 0.2) is 35.3 Å². The molecule has 1 amide bonds. The van der Waals surface area contributed by atoms with Crippen molar-refractivity contribution in [3.8, 4) is 0 Å². The molecule has 0 unspecified atom stereocenters. The molecule has 0 atom stereocenters. The van der Waals surface area contributed by atoms with Crippen molar-refractivity contribution >= 4 is 16.8 Å². The summed E-state index contributed by atoms with van der Waals surface area (Å²) in [6.07, 6.45) is 8.44. The molecule has 0 saturated heterocycles. The summed E-state index contributed by atoms with van der Waals surface area (Å²) in [6.45, 7) is 0.138. The Hall–Kier alpha value is -2.17. The van der Waals surface area contributed by atoms with Gasteiger partial charge >= 0.3 is 0 Å². The monoisotopic (exact) mass is 316 g/mol. The molecule has 5 heteroatoms. The lowest BCUT2D eigenvalue weighted by atomic mass is 10.1. The molecule has 1 aliphatic rings. The fourth-order valence-corrected chi connectivity index (χ4v) is 3.27. The molecule has 1 saturated carbocycles. The first-order valence-electron chi connectivity index (χ1n) is 8.21. The van der Waals surface area contributed by atoms with Gasteiger partial charge in [0.1, 0.15) is 12.4 Å². The molecule has 1 fully saturated rings. The third kappa shape index (κ3) is 3.78. The number of nitrogens with zero attached hydrogens (tertiary/aromatic N) is 1. The maximum absolute atomic E-state index is 13.3. The van der Waals surface area contributed by atoms with Gasteiger partial charge in [-0.05, 0) is 31.0 Å². The van der Waals surface area contributed by atoms with Crippen molar-refractivity contribution in [1.82, 2.24) is 9.88 Å². The van der Waals surface area contributed by atoms with Gasteiger partial charge in [0.05, 0.1) is 5.52 Å². The molecule has 0 radical (unpaired) electrons. The van der Waals surface area contributed by atoms with E-state index in [9.17, 15) is 14.0 Å². The molecule has 4 nitrogen and oxygen atoms in total. The second-order valence-corrected chi connectivity index (χ2v) is 6.23. The Morgan fingerprint density at radius 1 is 1.17 bits per heavy atom. The summed E-state index contributed by atoms with van der Waals surface area (Å²) in [4.78, 5) is 24.1. The molecule has 0 aliphatic heterocycles. The van der Waals surface area contributed by atoms with Gasteiger partial charge in [0.2, 0.25) is 5.91 Å². The molecular formula is C18H21FN2O2. The van der Waals surface area contributed by atoms with E-state index in [1.165, 1.54) is 31.0 Å². The molecular weight excluding hydrogens is 295 g/mol. The zero-order chi connectivity index (χ0) is 16.2. The van der Waals surface area contributed by atoms with Crippen molar-refractivity contribution in [2.75, 3.05) is 0 Å². The topological polar surface area (TPSA) is 51.1 Å². The summed E-state index contributed by atoms with van der Waals surface area (Å²) in [7, 11) is 0. The van der Waals surface area contributed by atoms with Gasteiger partial charge in [-0.2, -0.15) is 0 Å². The maximum atomic E-state index is 13.3. The predicted octanol–water partition coefficient (Wildman–Crippen LogP) is 2.98. The highest BCUT2D eigenvalue weighted by Crippen LogP contribution is 2.17. The number of carbonyl (C=O) groups is 1. The number of hydrogen-bond donors (Lipinski definition) is 1. The molecule has 1 heterocycles. The van der Waals surface area contributed by atoms with Crippen LogP contribution < -0.4 is 10.7 Å². The van der Waals surface area contributed by atoms with Crippen molar-refractivity contribution in [2.24, 2.45) is 0 Å².